The SMILES string of the molecule is COCCNC(=O)C(=O)NCC(O)(c1ccsc1)c1cccs1. The van der Waals surface area contributed by atoms with E-state index in [9.17, 15) is 14.7 Å². The van der Waals surface area contributed by atoms with E-state index in [-0.39, 0.29) is 13.1 Å². The number of rotatable bonds is 7. The number of amides is 2. The molecule has 0 saturated carbocycles. The van der Waals surface area contributed by atoms with Crippen molar-refractivity contribution in [2.24, 2.45) is 0 Å². The molecular formula is C15H18N2O4S2. The van der Waals surface area contributed by atoms with Crippen LogP contribution in [0.2, 0.25) is 0 Å². The van der Waals surface area contributed by atoms with E-state index in [4.69, 9.17) is 4.74 Å². The van der Waals surface area contributed by atoms with Crippen LogP contribution in [0.4, 0.5) is 0 Å². The highest BCUT2D eigenvalue weighted by molar-refractivity contribution is 7.10. The van der Waals surface area contributed by atoms with Crippen LogP contribution in [-0.4, -0.2) is 43.7 Å². The Kier molecular flexibility index (Phi) is 6.28. The van der Waals surface area contributed by atoms with Crippen molar-refractivity contribution in [2.75, 3.05) is 26.8 Å². The van der Waals surface area contributed by atoms with Gasteiger partial charge in [-0.15, -0.1) is 11.3 Å². The van der Waals surface area contributed by atoms with Crippen LogP contribution in [0.3, 0.4) is 0 Å². The first kappa shape index (κ1) is 17.6. The predicted molar refractivity (Wildman–Crippen MR) is 89.5 cm³/mol. The number of carbonyl (C=O) groups is 2. The van der Waals surface area contributed by atoms with E-state index >= 15 is 0 Å². The molecule has 2 rings (SSSR count). The van der Waals surface area contributed by atoms with Gasteiger partial charge in [0.15, 0.2) is 0 Å². The summed E-state index contributed by atoms with van der Waals surface area (Å²) in [5, 5.41) is 21.5. The first-order valence-corrected chi connectivity index (χ1v) is 8.74. The lowest BCUT2D eigenvalue weighted by Gasteiger charge is -2.26. The minimum atomic E-state index is -1.35. The number of thiophene rings is 2. The van der Waals surface area contributed by atoms with Crippen LogP contribution in [-0.2, 0) is 19.9 Å². The molecule has 2 amide bonds. The Labute approximate surface area is 142 Å². The third-order valence-corrected chi connectivity index (χ3v) is 4.93. The Morgan fingerprint density at radius 2 is 2.04 bits per heavy atom. The molecule has 0 aliphatic rings. The molecule has 0 radical (unpaired) electrons. The normalized spacial score (nSPS) is 13.3. The molecule has 124 valence electrons. The van der Waals surface area contributed by atoms with Crippen molar-refractivity contribution in [3.8, 4) is 0 Å². The maximum absolute atomic E-state index is 11.9. The minimum absolute atomic E-state index is 0.0826. The van der Waals surface area contributed by atoms with E-state index in [1.54, 1.807) is 12.1 Å². The average molecular weight is 354 g/mol. The van der Waals surface area contributed by atoms with Crippen molar-refractivity contribution in [1.82, 2.24) is 10.6 Å². The summed E-state index contributed by atoms with van der Waals surface area (Å²) < 4.78 is 4.80. The van der Waals surface area contributed by atoms with Gasteiger partial charge in [-0.1, -0.05) is 6.07 Å². The summed E-state index contributed by atoms with van der Waals surface area (Å²) in [4.78, 5) is 24.2. The second kappa shape index (κ2) is 8.21. The van der Waals surface area contributed by atoms with Gasteiger partial charge in [0.25, 0.3) is 0 Å². The smallest absolute Gasteiger partial charge is 0.309 e. The number of hydrogen-bond acceptors (Lipinski definition) is 6. The molecule has 0 aliphatic heterocycles. The number of aliphatic hydroxyl groups is 1. The molecule has 23 heavy (non-hydrogen) atoms. The summed E-state index contributed by atoms with van der Waals surface area (Å²) in [5.41, 5.74) is -0.665. The van der Waals surface area contributed by atoms with Crippen LogP contribution >= 0.6 is 22.7 Å². The molecule has 2 aromatic rings. The molecule has 1 atom stereocenters. The second-order valence-electron chi connectivity index (χ2n) is 4.78. The van der Waals surface area contributed by atoms with Gasteiger partial charge in [-0.05, 0) is 28.3 Å². The number of carbonyl (C=O) groups excluding carboxylic acids is 2. The number of ether oxygens (including phenoxy) is 1. The summed E-state index contributed by atoms with van der Waals surface area (Å²) in [7, 11) is 1.51. The van der Waals surface area contributed by atoms with Gasteiger partial charge < -0.3 is 20.5 Å². The first-order valence-electron chi connectivity index (χ1n) is 6.92. The Hall–Kier alpha value is -1.74. The Morgan fingerprint density at radius 3 is 2.65 bits per heavy atom. The highest BCUT2D eigenvalue weighted by atomic mass is 32.1. The lowest BCUT2D eigenvalue weighted by Crippen LogP contribution is -2.47. The largest absolute Gasteiger partial charge is 0.383 e. The molecule has 0 aromatic carbocycles. The van der Waals surface area contributed by atoms with Crippen LogP contribution in [0.25, 0.3) is 0 Å². The summed E-state index contributed by atoms with van der Waals surface area (Å²) in [6.07, 6.45) is 0. The van der Waals surface area contributed by atoms with Crippen LogP contribution in [0.5, 0.6) is 0 Å². The fourth-order valence-corrected chi connectivity index (χ4v) is 3.55. The van der Waals surface area contributed by atoms with Crippen LogP contribution in [0, 0.1) is 0 Å². The third-order valence-electron chi connectivity index (χ3n) is 3.23. The van der Waals surface area contributed by atoms with Gasteiger partial charge in [0.05, 0.1) is 13.2 Å². The Bertz CT molecular complexity index is 592. The van der Waals surface area contributed by atoms with Gasteiger partial charge in [-0.25, -0.2) is 0 Å². The maximum atomic E-state index is 11.9. The van der Waals surface area contributed by atoms with Crippen LogP contribution in [0.15, 0.2) is 34.3 Å². The zero-order valence-corrected chi connectivity index (χ0v) is 14.2. The van der Waals surface area contributed by atoms with E-state index in [0.717, 1.165) is 0 Å². The molecule has 3 N–H and O–H groups in total. The molecule has 0 fully saturated rings. The van der Waals surface area contributed by atoms with Gasteiger partial charge in [0, 0.05) is 24.1 Å². The Morgan fingerprint density at radius 1 is 1.26 bits per heavy atom. The van der Waals surface area contributed by atoms with Crippen LogP contribution < -0.4 is 10.6 Å². The van der Waals surface area contributed by atoms with E-state index in [0.29, 0.717) is 17.0 Å². The average Bonchev–Trinajstić information content (AvgIpc) is 3.25. The molecule has 8 heteroatoms. The minimum Gasteiger partial charge on any atom is -0.383 e. The first-order chi connectivity index (χ1) is 11.1. The number of nitrogens with one attached hydrogen (secondary N) is 2. The quantitative estimate of drug-likeness (QED) is 0.510. The van der Waals surface area contributed by atoms with E-state index in [2.05, 4.69) is 10.6 Å². The molecule has 0 spiro atoms. The number of methoxy groups -OCH3 is 1. The summed E-state index contributed by atoms with van der Waals surface area (Å²) in [6, 6.07) is 5.43. The second-order valence-corrected chi connectivity index (χ2v) is 6.51. The molecule has 6 nitrogen and oxygen atoms in total. The molecule has 0 saturated heterocycles. The van der Waals surface area contributed by atoms with Gasteiger partial charge in [-0.3, -0.25) is 9.59 Å². The van der Waals surface area contributed by atoms with Crippen molar-refractivity contribution < 1.29 is 19.4 Å². The monoisotopic (exact) mass is 354 g/mol. The lowest BCUT2D eigenvalue weighted by atomic mass is 9.94. The molecule has 0 bridgehead atoms. The third kappa shape index (κ3) is 4.38. The van der Waals surface area contributed by atoms with E-state index in [1.807, 2.05) is 22.2 Å². The van der Waals surface area contributed by atoms with Crippen LogP contribution in [0.1, 0.15) is 10.4 Å². The molecule has 2 heterocycles. The molecule has 0 aliphatic carbocycles. The maximum Gasteiger partial charge on any atom is 0.309 e. The van der Waals surface area contributed by atoms with Crippen molar-refractivity contribution in [1.29, 1.82) is 0 Å². The molecule has 2 aromatic heterocycles. The lowest BCUT2D eigenvalue weighted by molar-refractivity contribution is -0.139. The topological polar surface area (TPSA) is 87.7 Å². The predicted octanol–water partition coefficient (Wildman–Crippen LogP) is 0.924. The summed E-state index contributed by atoms with van der Waals surface area (Å²) in [5.74, 6) is -1.53. The fraction of sp³-hybridized carbons (Fsp3) is 0.333. The van der Waals surface area contributed by atoms with Crippen molar-refractivity contribution in [2.45, 2.75) is 5.60 Å². The number of hydrogen-bond donors (Lipinski definition) is 3. The summed E-state index contributed by atoms with van der Waals surface area (Å²) in [6.45, 7) is 0.496. The highest BCUT2D eigenvalue weighted by Crippen LogP contribution is 2.33. The summed E-state index contributed by atoms with van der Waals surface area (Å²) >= 11 is 2.85. The Balaban J connectivity index is 2.03. The van der Waals surface area contributed by atoms with Crippen molar-refractivity contribution in [3.63, 3.8) is 0 Å². The van der Waals surface area contributed by atoms with Gasteiger partial charge in [0.2, 0.25) is 0 Å². The van der Waals surface area contributed by atoms with Gasteiger partial charge >= 0.3 is 11.8 Å². The molecule has 1 unspecified atom stereocenters. The van der Waals surface area contributed by atoms with Gasteiger partial charge in [-0.2, -0.15) is 11.3 Å². The standard InChI is InChI=1S/C15H18N2O4S2/c1-21-6-5-16-13(18)14(19)17-10-15(20,11-4-8-22-9-11)12-3-2-7-23-12/h2-4,7-9,20H,5-6,10H2,1H3,(H,16,18)(H,17,19). The van der Waals surface area contributed by atoms with Crippen molar-refractivity contribution in [3.05, 3.63) is 44.8 Å². The zero-order valence-electron chi connectivity index (χ0n) is 12.6. The van der Waals surface area contributed by atoms with E-state index < -0.39 is 17.4 Å². The van der Waals surface area contributed by atoms with Gasteiger partial charge in [0.1, 0.15) is 5.60 Å². The highest BCUT2D eigenvalue weighted by Gasteiger charge is 2.34. The molecular weight excluding hydrogens is 336 g/mol. The van der Waals surface area contributed by atoms with Crippen molar-refractivity contribution >= 4 is 34.5 Å². The fourth-order valence-electron chi connectivity index (χ4n) is 1.98. The zero-order chi connectivity index (χ0) is 16.7. The van der Waals surface area contributed by atoms with E-state index in [1.165, 1.54) is 29.8 Å².